The Morgan fingerprint density at radius 3 is 2.35 bits per heavy atom. The molecule has 0 saturated carbocycles. The summed E-state index contributed by atoms with van der Waals surface area (Å²) in [6.07, 6.45) is 9.63. The largest absolute Gasteiger partial charge is 0.492 e. The van der Waals surface area contributed by atoms with Gasteiger partial charge in [0.1, 0.15) is 12.0 Å². The van der Waals surface area contributed by atoms with E-state index in [2.05, 4.69) is 6.92 Å². The van der Waals surface area contributed by atoms with Crippen molar-refractivity contribution in [2.45, 2.75) is 58.8 Å². The lowest BCUT2D eigenvalue weighted by atomic mass is 10.1. The number of hydrogen-bond acceptors (Lipinski definition) is 2. The van der Waals surface area contributed by atoms with E-state index in [4.69, 9.17) is 16.3 Å². The average molecular weight is 297 g/mol. The summed E-state index contributed by atoms with van der Waals surface area (Å²) < 4.78 is 5.75. The Kier molecular flexibility index (Phi) is 8.36. The van der Waals surface area contributed by atoms with Crippen LogP contribution in [-0.2, 0) is 0 Å². The van der Waals surface area contributed by atoms with Gasteiger partial charge in [-0.05, 0) is 31.0 Å². The van der Waals surface area contributed by atoms with Crippen LogP contribution in [0.15, 0.2) is 12.1 Å². The third-order valence-electron chi connectivity index (χ3n) is 3.38. The van der Waals surface area contributed by atoms with E-state index >= 15 is 0 Å². The topological polar surface area (TPSA) is 26.3 Å². The first kappa shape index (κ1) is 17.0. The Balaban J connectivity index is 2.27. The Hall–Kier alpha value is -1.02. The highest BCUT2D eigenvalue weighted by Gasteiger charge is 2.07. The molecule has 0 aliphatic carbocycles. The summed E-state index contributed by atoms with van der Waals surface area (Å²) in [7, 11) is 0. The Morgan fingerprint density at radius 1 is 1.10 bits per heavy atom. The molecule has 0 aliphatic heterocycles. The number of aldehydes is 1. The van der Waals surface area contributed by atoms with Crippen LogP contribution in [0.4, 0.5) is 0 Å². The zero-order valence-corrected chi connectivity index (χ0v) is 13.3. The van der Waals surface area contributed by atoms with E-state index in [1.807, 2.05) is 6.92 Å². The zero-order valence-electron chi connectivity index (χ0n) is 12.6. The summed E-state index contributed by atoms with van der Waals surface area (Å²) in [5, 5.41) is 0.523. The number of unbranched alkanes of at least 4 members (excludes halogenated alkanes) is 6. The number of hydrogen-bond donors (Lipinski definition) is 0. The molecule has 0 amide bonds. The van der Waals surface area contributed by atoms with Crippen molar-refractivity contribution in [2.24, 2.45) is 0 Å². The number of ether oxygens (including phenoxy) is 1. The van der Waals surface area contributed by atoms with Gasteiger partial charge in [0.25, 0.3) is 0 Å². The maximum absolute atomic E-state index is 10.7. The van der Waals surface area contributed by atoms with E-state index in [0.717, 1.165) is 18.3 Å². The van der Waals surface area contributed by atoms with Crippen LogP contribution in [0.1, 0.15) is 67.8 Å². The van der Waals surface area contributed by atoms with Gasteiger partial charge in [0.15, 0.2) is 0 Å². The van der Waals surface area contributed by atoms with Crippen LogP contribution >= 0.6 is 11.6 Å². The summed E-state index contributed by atoms with van der Waals surface area (Å²) in [4.78, 5) is 10.7. The molecule has 0 fully saturated rings. The van der Waals surface area contributed by atoms with Crippen LogP contribution in [0.2, 0.25) is 5.02 Å². The molecule has 20 heavy (non-hydrogen) atoms. The number of carbonyl (C=O) groups excluding carboxylic acids is 1. The van der Waals surface area contributed by atoms with Crippen molar-refractivity contribution in [1.29, 1.82) is 0 Å². The van der Waals surface area contributed by atoms with Gasteiger partial charge in [0.05, 0.1) is 11.6 Å². The minimum Gasteiger partial charge on any atom is -0.492 e. The van der Waals surface area contributed by atoms with Crippen LogP contribution in [0, 0.1) is 6.92 Å². The smallest absolute Gasteiger partial charge is 0.150 e. The molecule has 0 saturated heterocycles. The van der Waals surface area contributed by atoms with Gasteiger partial charge in [-0.2, -0.15) is 0 Å². The normalized spacial score (nSPS) is 10.6. The third kappa shape index (κ3) is 5.96. The summed E-state index contributed by atoms with van der Waals surface area (Å²) in [5.74, 6) is 0.711. The maximum atomic E-state index is 10.7. The van der Waals surface area contributed by atoms with Gasteiger partial charge in [-0.25, -0.2) is 0 Å². The van der Waals surface area contributed by atoms with Crippen LogP contribution < -0.4 is 4.74 Å². The molecule has 0 radical (unpaired) electrons. The van der Waals surface area contributed by atoms with E-state index in [0.29, 0.717) is 22.9 Å². The van der Waals surface area contributed by atoms with E-state index in [1.165, 1.54) is 38.5 Å². The number of aryl methyl sites for hydroxylation is 1. The second kappa shape index (κ2) is 9.82. The first-order chi connectivity index (χ1) is 9.69. The van der Waals surface area contributed by atoms with E-state index in [1.54, 1.807) is 12.1 Å². The van der Waals surface area contributed by atoms with Crippen molar-refractivity contribution in [1.82, 2.24) is 0 Å². The van der Waals surface area contributed by atoms with Crippen LogP contribution in [0.5, 0.6) is 5.75 Å². The molecular formula is C17H25ClO2. The average Bonchev–Trinajstić information content (AvgIpc) is 2.43. The first-order valence-electron chi connectivity index (χ1n) is 7.57. The van der Waals surface area contributed by atoms with Crippen molar-refractivity contribution in [2.75, 3.05) is 6.61 Å². The second-order valence-corrected chi connectivity index (χ2v) is 5.64. The highest BCUT2D eigenvalue weighted by atomic mass is 35.5. The SMILES string of the molecule is CCCCCCCCCOc1c(C)cc(C=O)cc1Cl. The molecular weight excluding hydrogens is 272 g/mol. The fourth-order valence-electron chi connectivity index (χ4n) is 2.24. The quantitative estimate of drug-likeness (QED) is 0.415. The summed E-state index contributed by atoms with van der Waals surface area (Å²) in [6, 6.07) is 3.46. The molecule has 1 aromatic carbocycles. The molecule has 0 atom stereocenters. The summed E-state index contributed by atoms with van der Waals surface area (Å²) in [5.41, 5.74) is 1.51. The molecule has 3 heteroatoms. The van der Waals surface area contributed by atoms with Gasteiger partial charge in [0.2, 0.25) is 0 Å². The molecule has 1 rings (SSSR count). The molecule has 0 heterocycles. The van der Waals surface area contributed by atoms with E-state index < -0.39 is 0 Å². The Morgan fingerprint density at radius 2 is 1.75 bits per heavy atom. The molecule has 1 aromatic rings. The summed E-state index contributed by atoms with van der Waals surface area (Å²) >= 11 is 6.13. The maximum Gasteiger partial charge on any atom is 0.150 e. The van der Waals surface area contributed by atoms with Crippen molar-refractivity contribution in [3.8, 4) is 5.75 Å². The molecule has 0 spiro atoms. The monoisotopic (exact) mass is 296 g/mol. The highest BCUT2D eigenvalue weighted by molar-refractivity contribution is 6.32. The van der Waals surface area contributed by atoms with E-state index in [-0.39, 0.29) is 0 Å². The number of carbonyl (C=O) groups is 1. The van der Waals surface area contributed by atoms with Crippen LogP contribution in [-0.4, -0.2) is 12.9 Å². The van der Waals surface area contributed by atoms with Gasteiger partial charge in [-0.15, -0.1) is 0 Å². The molecule has 0 unspecified atom stereocenters. The van der Waals surface area contributed by atoms with E-state index in [9.17, 15) is 4.79 Å². The van der Waals surface area contributed by atoms with Crippen LogP contribution in [0.25, 0.3) is 0 Å². The lowest BCUT2D eigenvalue weighted by Crippen LogP contribution is -2.00. The minimum atomic E-state index is 0.523. The first-order valence-corrected chi connectivity index (χ1v) is 7.95. The van der Waals surface area contributed by atoms with Gasteiger partial charge in [-0.1, -0.05) is 57.0 Å². The fourth-order valence-corrected chi connectivity index (χ4v) is 2.57. The minimum absolute atomic E-state index is 0.523. The fraction of sp³-hybridized carbons (Fsp3) is 0.588. The highest BCUT2D eigenvalue weighted by Crippen LogP contribution is 2.29. The molecule has 0 N–H and O–H groups in total. The predicted molar refractivity (Wildman–Crippen MR) is 85.1 cm³/mol. The van der Waals surface area contributed by atoms with Crippen molar-refractivity contribution >= 4 is 17.9 Å². The lowest BCUT2D eigenvalue weighted by molar-refractivity contribution is 0.112. The van der Waals surface area contributed by atoms with Gasteiger partial charge >= 0.3 is 0 Å². The molecule has 0 aromatic heterocycles. The third-order valence-corrected chi connectivity index (χ3v) is 3.66. The molecule has 0 bridgehead atoms. The Bertz CT molecular complexity index is 392. The molecule has 112 valence electrons. The summed E-state index contributed by atoms with van der Waals surface area (Å²) in [6.45, 7) is 4.84. The van der Waals surface area contributed by atoms with Crippen molar-refractivity contribution in [3.63, 3.8) is 0 Å². The van der Waals surface area contributed by atoms with Gasteiger partial charge < -0.3 is 4.74 Å². The van der Waals surface area contributed by atoms with Gasteiger partial charge in [0, 0.05) is 5.56 Å². The number of benzene rings is 1. The molecule has 0 aliphatic rings. The van der Waals surface area contributed by atoms with Crippen LogP contribution in [0.3, 0.4) is 0 Å². The second-order valence-electron chi connectivity index (χ2n) is 5.24. The number of halogens is 1. The lowest BCUT2D eigenvalue weighted by Gasteiger charge is -2.11. The number of rotatable bonds is 10. The molecule has 2 nitrogen and oxygen atoms in total. The predicted octanol–water partition coefficient (Wildman–Crippen LogP) is 5.59. The van der Waals surface area contributed by atoms with Crippen molar-refractivity contribution < 1.29 is 9.53 Å². The van der Waals surface area contributed by atoms with Gasteiger partial charge in [-0.3, -0.25) is 4.79 Å². The zero-order chi connectivity index (χ0) is 14.8. The Labute approximate surface area is 127 Å². The standard InChI is InChI=1S/C17H25ClO2/c1-3-4-5-6-7-8-9-10-20-17-14(2)11-15(13-19)12-16(17)18/h11-13H,3-10H2,1-2H3. The van der Waals surface area contributed by atoms with Crippen molar-refractivity contribution in [3.05, 3.63) is 28.3 Å².